The summed E-state index contributed by atoms with van der Waals surface area (Å²) in [5.74, 6) is -1.69. The van der Waals surface area contributed by atoms with Crippen molar-refractivity contribution in [3.05, 3.63) is 64.4 Å². The van der Waals surface area contributed by atoms with Crippen molar-refractivity contribution in [3.63, 3.8) is 0 Å². The third-order valence-corrected chi connectivity index (χ3v) is 5.09. The molecule has 3 heterocycles. The third-order valence-electron chi connectivity index (χ3n) is 5.09. The van der Waals surface area contributed by atoms with Gasteiger partial charge in [0.25, 0.3) is 5.91 Å². The summed E-state index contributed by atoms with van der Waals surface area (Å²) in [7, 11) is 0. The predicted molar refractivity (Wildman–Crippen MR) is 110 cm³/mol. The molecular weight excluding hydrogens is 441 g/mol. The normalized spacial score (nSPS) is 11.8. The quantitative estimate of drug-likeness (QED) is 0.471. The minimum Gasteiger partial charge on any atom is -0.366 e. The molecule has 1 aromatic carbocycles. The summed E-state index contributed by atoms with van der Waals surface area (Å²) in [6.07, 6.45) is -4.93. The van der Waals surface area contributed by atoms with Gasteiger partial charge in [0.1, 0.15) is 17.1 Å². The van der Waals surface area contributed by atoms with Crippen LogP contribution in [-0.4, -0.2) is 31.7 Å². The molecule has 0 aliphatic rings. The number of para-hydroxylation sites is 1. The third kappa shape index (κ3) is 3.79. The SMILES string of the molecule is Cc1cc(Cn2nc(C(F)(F)F)c(-c3c(C(N)=O)nc4ccccc4c3C(N)=O)c2C)no1. The van der Waals surface area contributed by atoms with E-state index in [-0.39, 0.29) is 28.7 Å². The molecule has 0 bridgehead atoms. The van der Waals surface area contributed by atoms with Crippen molar-refractivity contribution >= 4 is 22.7 Å². The van der Waals surface area contributed by atoms with Gasteiger partial charge in [0, 0.05) is 28.3 Å². The van der Waals surface area contributed by atoms with Crippen molar-refractivity contribution in [2.24, 2.45) is 11.5 Å². The molecule has 4 rings (SSSR count). The monoisotopic (exact) mass is 458 g/mol. The van der Waals surface area contributed by atoms with Gasteiger partial charge in [0.2, 0.25) is 5.91 Å². The highest BCUT2D eigenvalue weighted by molar-refractivity contribution is 6.15. The zero-order chi connectivity index (χ0) is 24.1. The van der Waals surface area contributed by atoms with E-state index in [2.05, 4.69) is 15.2 Å². The van der Waals surface area contributed by atoms with Crippen LogP contribution >= 0.6 is 0 Å². The first kappa shape index (κ1) is 22.0. The molecule has 4 aromatic rings. The molecule has 0 radical (unpaired) electrons. The number of carbonyl (C=O) groups is 2. The maximum Gasteiger partial charge on any atom is 0.435 e. The number of carbonyl (C=O) groups excluding carboxylic acids is 2. The maximum absolute atomic E-state index is 14.1. The number of fused-ring (bicyclic) bond motifs is 1. The number of aromatic nitrogens is 4. The number of primary amides is 2. The highest BCUT2D eigenvalue weighted by Crippen LogP contribution is 2.42. The standard InChI is InChI=1S/C21H17F3N6O3/c1-9-7-11(29-33-9)8-30-10(2)14(18(28-30)21(22,23)24)16-15(19(25)31)12-5-3-4-6-13(12)27-17(16)20(26)32/h3-7H,8H2,1-2H3,(H2,25,31)(H2,26,32). The van der Waals surface area contributed by atoms with E-state index in [4.69, 9.17) is 16.0 Å². The van der Waals surface area contributed by atoms with Crippen LogP contribution in [-0.2, 0) is 12.7 Å². The molecule has 0 unspecified atom stereocenters. The van der Waals surface area contributed by atoms with Gasteiger partial charge in [0.15, 0.2) is 5.69 Å². The molecule has 0 fully saturated rings. The Morgan fingerprint density at radius 1 is 1.09 bits per heavy atom. The van der Waals surface area contributed by atoms with E-state index in [1.54, 1.807) is 25.1 Å². The molecule has 0 aliphatic heterocycles. The van der Waals surface area contributed by atoms with Crippen molar-refractivity contribution in [1.29, 1.82) is 0 Å². The summed E-state index contributed by atoms with van der Waals surface area (Å²) in [5, 5.41) is 7.68. The topological polar surface area (TPSA) is 143 Å². The van der Waals surface area contributed by atoms with Crippen molar-refractivity contribution in [3.8, 4) is 11.1 Å². The molecule has 0 aliphatic carbocycles. The molecule has 170 valence electrons. The highest BCUT2D eigenvalue weighted by atomic mass is 19.4. The van der Waals surface area contributed by atoms with Gasteiger partial charge in [0.05, 0.1) is 17.6 Å². The number of alkyl halides is 3. The Bertz CT molecular complexity index is 1420. The van der Waals surface area contributed by atoms with Crippen LogP contribution in [0.15, 0.2) is 34.9 Å². The lowest BCUT2D eigenvalue weighted by molar-refractivity contribution is -0.141. The number of hydrogen-bond acceptors (Lipinski definition) is 6. The second-order valence-corrected chi connectivity index (χ2v) is 7.35. The average Bonchev–Trinajstić information content (AvgIpc) is 3.29. The van der Waals surface area contributed by atoms with E-state index in [1.807, 2.05) is 0 Å². The van der Waals surface area contributed by atoms with E-state index >= 15 is 0 Å². The molecule has 12 heteroatoms. The van der Waals surface area contributed by atoms with E-state index in [0.29, 0.717) is 11.5 Å². The lowest BCUT2D eigenvalue weighted by Gasteiger charge is -2.15. The minimum absolute atomic E-state index is 0.00468. The number of hydrogen-bond donors (Lipinski definition) is 2. The second kappa shape index (κ2) is 7.73. The number of amides is 2. The Morgan fingerprint density at radius 2 is 1.79 bits per heavy atom. The largest absolute Gasteiger partial charge is 0.435 e. The average molecular weight is 458 g/mol. The first-order valence-electron chi connectivity index (χ1n) is 9.58. The Balaban J connectivity index is 2.11. The summed E-state index contributed by atoms with van der Waals surface area (Å²) < 4.78 is 48.3. The van der Waals surface area contributed by atoms with Gasteiger partial charge < -0.3 is 16.0 Å². The molecule has 0 saturated carbocycles. The Morgan fingerprint density at radius 3 is 2.36 bits per heavy atom. The van der Waals surface area contributed by atoms with E-state index in [1.165, 1.54) is 19.1 Å². The van der Waals surface area contributed by atoms with Crippen LogP contribution in [0.3, 0.4) is 0 Å². The Kier molecular flexibility index (Phi) is 5.15. The Hall–Kier alpha value is -4.22. The number of pyridine rings is 1. The van der Waals surface area contributed by atoms with Crippen LogP contribution in [0.1, 0.15) is 43.7 Å². The molecule has 0 saturated heterocycles. The molecule has 33 heavy (non-hydrogen) atoms. The number of halogens is 3. The summed E-state index contributed by atoms with van der Waals surface area (Å²) in [4.78, 5) is 28.9. The van der Waals surface area contributed by atoms with Crippen LogP contribution in [0.2, 0.25) is 0 Å². The van der Waals surface area contributed by atoms with Gasteiger partial charge in [-0.3, -0.25) is 14.3 Å². The molecule has 9 nitrogen and oxygen atoms in total. The van der Waals surface area contributed by atoms with Gasteiger partial charge in [-0.2, -0.15) is 18.3 Å². The summed E-state index contributed by atoms with van der Waals surface area (Å²) >= 11 is 0. The molecule has 0 atom stereocenters. The number of benzene rings is 1. The fourth-order valence-corrected chi connectivity index (χ4v) is 3.73. The molecule has 0 spiro atoms. The van der Waals surface area contributed by atoms with Crippen LogP contribution in [0.25, 0.3) is 22.0 Å². The molecule has 2 amide bonds. The van der Waals surface area contributed by atoms with Crippen molar-refractivity contribution in [1.82, 2.24) is 19.9 Å². The van der Waals surface area contributed by atoms with E-state index in [0.717, 1.165) is 4.68 Å². The maximum atomic E-state index is 14.1. The summed E-state index contributed by atoms with van der Waals surface area (Å²) in [6, 6.07) is 7.68. The van der Waals surface area contributed by atoms with Crippen LogP contribution in [0.5, 0.6) is 0 Å². The number of nitrogens with zero attached hydrogens (tertiary/aromatic N) is 4. The van der Waals surface area contributed by atoms with Crippen molar-refractivity contribution in [2.75, 3.05) is 0 Å². The minimum atomic E-state index is -4.93. The number of rotatable bonds is 5. The van der Waals surface area contributed by atoms with Gasteiger partial charge in [-0.05, 0) is 19.9 Å². The van der Waals surface area contributed by atoms with Crippen LogP contribution < -0.4 is 11.5 Å². The van der Waals surface area contributed by atoms with Gasteiger partial charge >= 0.3 is 6.18 Å². The van der Waals surface area contributed by atoms with Crippen molar-refractivity contribution in [2.45, 2.75) is 26.6 Å². The molecular formula is C21H17F3N6O3. The fraction of sp³-hybridized carbons (Fsp3) is 0.190. The first-order valence-corrected chi connectivity index (χ1v) is 9.58. The fourth-order valence-electron chi connectivity index (χ4n) is 3.73. The van der Waals surface area contributed by atoms with Crippen LogP contribution in [0.4, 0.5) is 13.2 Å². The smallest absolute Gasteiger partial charge is 0.366 e. The second-order valence-electron chi connectivity index (χ2n) is 7.35. The van der Waals surface area contributed by atoms with Gasteiger partial charge in [-0.15, -0.1) is 0 Å². The van der Waals surface area contributed by atoms with Gasteiger partial charge in [-0.1, -0.05) is 23.4 Å². The molecule has 3 aromatic heterocycles. The van der Waals surface area contributed by atoms with Crippen molar-refractivity contribution < 1.29 is 27.3 Å². The van der Waals surface area contributed by atoms with Gasteiger partial charge in [-0.25, -0.2) is 4.98 Å². The predicted octanol–water partition coefficient (Wildman–Crippen LogP) is 2.97. The Labute approximate surface area is 184 Å². The van der Waals surface area contributed by atoms with E-state index in [9.17, 15) is 22.8 Å². The number of aryl methyl sites for hydroxylation is 1. The lowest BCUT2D eigenvalue weighted by atomic mass is 9.92. The highest BCUT2D eigenvalue weighted by Gasteiger charge is 2.41. The zero-order valence-electron chi connectivity index (χ0n) is 17.4. The number of nitrogens with two attached hydrogens (primary N) is 2. The summed E-state index contributed by atoms with van der Waals surface area (Å²) in [6.45, 7) is 2.86. The molecule has 4 N–H and O–H groups in total. The first-order chi connectivity index (χ1) is 15.5. The zero-order valence-corrected chi connectivity index (χ0v) is 17.4. The summed E-state index contributed by atoms with van der Waals surface area (Å²) in [5.41, 5.74) is 8.50. The van der Waals surface area contributed by atoms with Crippen LogP contribution in [0, 0.1) is 13.8 Å². The van der Waals surface area contributed by atoms with E-state index < -0.39 is 40.5 Å². The lowest BCUT2D eigenvalue weighted by Crippen LogP contribution is -2.21.